The molecule has 20 heavy (non-hydrogen) atoms. The molecule has 3 nitrogen and oxygen atoms in total. The van der Waals surface area contributed by atoms with Crippen LogP contribution < -0.4 is 10.5 Å². The highest BCUT2D eigenvalue weighted by Crippen LogP contribution is 2.21. The molecule has 0 spiro atoms. The lowest BCUT2D eigenvalue weighted by Crippen LogP contribution is -2.05. The summed E-state index contributed by atoms with van der Waals surface area (Å²) in [7, 11) is 0. The molecular formula is C17H22N2O. The summed E-state index contributed by atoms with van der Waals surface area (Å²) in [6.45, 7) is 4.14. The molecular weight excluding hydrogens is 248 g/mol. The summed E-state index contributed by atoms with van der Waals surface area (Å²) in [4.78, 5) is 4.27. The number of nitrogens with two attached hydrogens (primary N) is 1. The van der Waals surface area contributed by atoms with Crippen LogP contribution in [0.5, 0.6) is 11.6 Å². The van der Waals surface area contributed by atoms with Crippen molar-refractivity contribution in [3.63, 3.8) is 0 Å². The van der Waals surface area contributed by atoms with Crippen molar-refractivity contribution >= 4 is 0 Å². The Kier molecular flexibility index (Phi) is 5.13. The first-order chi connectivity index (χ1) is 9.69. The minimum Gasteiger partial charge on any atom is -0.439 e. The Labute approximate surface area is 120 Å². The normalized spacial score (nSPS) is 12.2. The van der Waals surface area contributed by atoms with Crippen LogP contribution in [0.2, 0.25) is 0 Å². The monoisotopic (exact) mass is 270 g/mol. The lowest BCUT2D eigenvalue weighted by Gasteiger charge is -2.08. The van der Waals surface area contributed by atoms with Gasteiger partial charge in [-0.05, 0) is 43.0 Å². The predicted octanol–water partition coefficient (Wildman–Crippen LogP) is 4.24. The Morgan fingerprint density at radius 3 is 2.45 bits per heavy atom. The standard InChI is InChI=1S/C17H22N2O/c1-3-4-5-14-6-9-16(10-7-14)20-17-11-8-15(12-19-17)13(2)18/h6-13H,3-5,18H2,1-2H3/t13-/m1/s1. The number of hydrogen-bond donors (Lipinski definition) is 1. The molecule has 1 atom stereocenters. The van der Waals surface area contributed by atoms with Crippen molar-refractivity contribution in [1.82, 2.24) is 4.98 Å². The van der Waals surface area contributed by atoms with Crippen LogP contribution in [0.25, 0.3) is 0 Å². The molecule has 0 saturated carbocycles. The molecule has 0 saturated heterocycles. The van der Waals surface area contributed by atoms with E-state index in [-0.39, 0.29) is 6.04 Å². The van der Waals surface area contributed by atoms with Gasteiger partial charge in [0.05, 0.1) is 0 Å². The largest absolute Gasteiger partial charge is 0.439 e. The average Bonchev–Trinajstić information content (AvgIpc) is 2.47. The first-order valence-corrected chi connectivity index (χ1v) is 7.17. The third-order valence-electron chi connectivity index (χ3n) is 3.25. The van der Waals surface area contributed by atoms with E-state index in [0.717, 1.165) is 17.7 Å². The Bertz CT molecular complexity index is 518. The smallest absolute Gasteiger partial charge is 0.219 e. The van der Waals surface area contributed by atoms with Gasteiger partial charge < -0.3 is 10.5 Å². The molecule has 0 fully saturated rings. The third-order valence-corrected chi connectivity index (χ3v) is 3.25. The van der Waals surface area contributed by atoms with E-state index < -0.39 is 0 Å². The molecule has 0 bridgehead atoms. The Hall–Kier alpha value is -1.87. The molecule has 2 rings (SSSR count). The average molecular weight is 270 g/mol. The van der Waals surface area contributed by atoms with Crippen LogP contribution in [0.1, 0.15) is 43.9 Å². The molecule has 106 valence electrons. The summed E-state index contributed by atoms with van der Waals surface area (Å²) >= 11 is 0. The lowest BCUT2D eigenvalue weighted by molar-refractivity contribution is 0.462. The van der Waals surface area contributed by atoms with Crippen LogP contribution >= 0.6 is 0 Å². The Morgan fingerprint density at radius 2 is 1.90 bits per heavy atom. The van der Waals surface area contributed by atoms with Gasteiger partial charge in [0.1, 0.15) is 5.75 Å². The zero-order chi connectivity index (χ0) is 14.4. The van der Waals surface area contributed by atoms with Crippen LogP contribution in [0.4, 0.5) is 0 Å². The van der Waals surface area contributed by atoms with Gasteiger partial charge in [-0.15, -0.1) is 0 Å². The SMILES string of the molecule is CCCCc1ccc(Oc2ccc([C@@H](C)N)cn2)cc1. The van der Waals surface area contributed by atoms with E-state index >= 15 is 0 Å². The van der Waals surface area contributed by atoms with Crippen LogP contribution in [0.15, 0.2) is 42.6 Å². The maximum absolute atomic E-state index is 5.79. The van der Waals surface area contributed by atoms with Gasteiger partial charge in [-0.1, -0.05) is 31.5 Å². The van der Waals surface area contributed by atoms with Gasteiger partial charge in [0.15, 0.2) is 0 Å². The zero-order valence-electron chi connectivity index (χ0n) is 12.2. The number of unbranched alkanes of at least 4 members (excludes halogenated alkanes) is 1. The van der Waals surface area contributed by atoms with E-state index in [1.165, 1.54) is 18.4 Å². The molecule has 1 aromatic carbocycles. The van der Waals surface area contributed by atoms with Crippen LogP contribution in [0.3, 0.4) is 0 Å². The van der Waals surface area contributed by atoms with Gasteiger partial charge in [0, 0.05) is 18.3 Å². The summed E-state index contributed by atoms with van der Waals surface area (Å²) in [6.07, 6.45) is 5.32. The number of aryl methyl sites for hydroxylation is 1. The molecule has 0 unspecified atom stereocenters. The van der Waals surface area contributed by atoms with E-state index in [1.54, 1.807) is 6.20 Å². The molecule has 0 aliphatic carbocycles. The summed E-state index contributed by atoms with van der Waals surface area (Å²) in [5.74, 6) is 1.40. The van der Waals surface area contributed by atoms with Crippen LogP contribution in [0, 0.1) is 0 Å². The molecule has 0 radical (unpaired) electrons. The topological polar surface area (TPSA) is 48.1 Å². The second kappa shape index (κ2) is 7.06. The summed E-state index contributed by atoms with van der Waals surface area (Å²) in [5, 5.41) is 0. The highest BCUT2D eigenvalue weighted by atomic mass is 16.5. The summed E-state index contributed by atoms with van der Waals surface area (Å²) in [5.41, 5.74) is 8.15. The van der Waals surface area contributed by atoms with Crippen molar-refractivity contribution in [2.24, 2.45) is 5.73 Å². The molecule has 0 aliphatic heterocycles. The molecule has 1 aromatic heterocycles. The van der Waals surface area contributed by atoms with E-state index in [4.69, 9.17) is 10.5 Å². The van der Waals surface area contributed by atoms with Gasteiger partial charge in [-0.3, -0.25) is 0 Å². The number of ether oxygens (including phenoxy) is 1. The second-order valence-electron chi connectivity index (χ2n) is 5.07. The molecule has 3 heteroatoms. The summed E-state index contributed by atoms with van der Waals surface area (Å²) in [6, 6.07) is 12.0. The first kappa shape index (κ1) is 14.5. The number of hydrogen-bond acceptors (Lipinski definition) is 3. The van der Waals surface area contributed by atoms with Crippen LogP contribution in [-0.2, 0) is 6.42 Å². The van der Waals surface area contributed by atoms with E-state index in [0.29, 0.717) is 5.88 Å². The zero-order valence-corrected chi connectivity index (χ0v) is 12.2. The van der Waals surface area contributed by atoms with Gasteiger partial charge in [-0.2, -0.15) is 0 Å². The minimum absolute atomic E-state index is 0.00519. The lowest BCUT2D eigenvalue weighted by atomic mass is 10.1. The number of benzene rings is 1. The van der Waals surface area contributed by atoms with E-state index in [9.17, 15) is 0 Å². The quantitative estimate of drug-likeness (QED) is 0.854. The molecule has 2 N–H and O–H groups in total. The number of aromatic nitrogens is 1. The summed E-state index contributed by atoms with van der Waals surface area (Å²) < 4.78 is 5.72. The van der Waals surface area contributed by atoms with Crippen molar-refractivity contribution in [1.29, 1.82) is 0 Å². The minimum atomic E-state index is -0.00519. The van der Waals surface area contributed by atoms with Gasteiger partial charge in [-0.25, -0.2) is 4.98 Å². The predicted molar refractivity (Wildman–Crippen MR) is 82.0 cm³/mol. The third kappa shape index (κ3) is 4.07. The van der Waals surface area contributed by atoms with Gasteiger partial charge in [0.25, 0.3) is 0 Å². The fraction of sp³-hybridized carbons (Fsp3) is 0.353. The number of rotatable bonds is 6. The van der Waals surface area contributed by atoms with Crippen molar-refractivity contribution in [3.05, 3.63) is 53.7 Å². The second-order valence-corrected chi connectivity index (χ2v) is 5.07. The number of pyridine rings is 1. The molecule has 1 heterocycles. The molecule has 2 aromatic rings. The van der Waals surface area contributed by atoms with Crippen LogP contribution in [-0.4, -0.2) is 4.98 Å². The van der Waals surface area contributed by atoms with Gasteiger partial charge >= 0.3 is 0 Å². The molecule has 0 aliphatic rings. The highest BCUT2D eigenvalue weighted by molar-refractivity contribution is 5.31. The molecule has 0 amide bonds. The van der Waals surface area contributed by atoms with Crippen molar-refractivity contribution in [2.75, 3.05) is 0 Å². The first-order valence-electron chi connectivity index (χ1n) is 7.17. The van der Waals surface area contributed by atoms with E-state index in [2.05, 4.69) is 24.0 Å². The van der Waals surface area contributed by atoms with E-state index in [1.807, 2.05) is 31.2 Å². The van der Waals surface area contributed by atoms with Gasteiger partial charge in [0.2, 0.25) is 5.88 Å². The maximum atomic E-state index is 5.79. The van der Waals surface area contributed by atoms with Crippen molar-refractivity contribution in [3.8, 4) is 11.6 Å². The highest BCUT2D eigenvalue weighted by Gasteiger charge is 2.02. The Balaban J connectivity index is 1.98. The fourth-order valence-corrected chi connectivity index (χ4v) is 1.95. The van der Waals surface area contributed by atoms with Crippen molar-refractivity contribution in [2.45, 2.75) is 39.2 Å². The number of nitrogens with zero attached hydrogens (tertiary/aromatic N) is 1. The fourth-order valence-electron chi connectivity index (χ4n) is 1.95. The Morgan fingerprint density at radius 1 is 1.15 bits per heavy atom. The maximum Gasteiger partial charge on any atom is 0.219 e. The van der Waals surface area contributed by atoms with Crippen molar-refractivity contribution < 1.29 is 4.74 Å².